The number of β-amino-alcohol motifs (C(OH)–C–C–N with tert-alkyl or cyclic N) is 1. The van der Waals surface area contributed by atoms with Crippen molar-refractivity contribution >= 4 is 5.91 Å². The fourth-order valence-electron chi connectivity index (χ4n) is 2.04. The number of alkyl halides is 2. The summed E-state index contributed by atoms with van der Waals surface area (Å²) in [5.41, 5.74) is 0.730. The van der Waals surface area contributed by atoms with Gasteiger partial charge in [-0.3, -0.25) is 4.79 Å². The van der Waals surface area contributed by atoms with Crippen molar-refractivity contribution in [2.24, 2.45) is 0 Å². The number of halogens is 2. The molecule has 0 aliphatic carbocycles. The third-order valence-corrected chi connectivity index (χ3v) is 3.02. The zero-order valence-corrected chi connectivity index (χ0v) is 10.3. The largest absolute Gasteiger partial charge is 0.435 e. The zero-order chi connectivity index (χ0) is 13.8. The maximum Gasteiger partial charge on any atom is 0.387 e. The molecule has 1 heterocycles. The Balaban J connectivity index is 1.90. The van der Waals surface area contributed by atoms with Gasteiger partial charge < -0.3 is 14.7 Å². The van der Waals surface area contributed by atoms with E-state index in [0.29, 0.717) is 19.5 Å². The first kappa shape index (κ1) is 13.7. The summed E-state index contributed by atoms with van der Waals surface area (Å²) in [7, 11) is 0. The second-order valence-electron chi connectivity index (χ2n) is 4.48. The van der Waals surface area contributed by atoms with Gasteiger partial charge >= 0.3 is 6.61 Å². The van der Waals surface area contributed by atoms with Crippen LogP contribution in [0.3, 0.4) is 0 Å². The average Bonchev–Trinajstić information content (AvgIpc) is 2.78. The van der Waals surface area contributed by atoms with Crippen molar-refractivity contribution in [1.82, 2.24) is 4.90 Å². The SMILES string of the molecule is O=C(Cc1ccc(OC(F)F)cc1)N1CC[C@@H](O)C1. The Bertz CT molecular complexity index is 436. The second-order valence-corrected chi connectivity index (χ2v) is 4.48. The number of rotatable bonds is 4. The topological polar surface area (TPSA) is 49.8 Å². The molecule has 1 aromatic rings. The van der Waals surface area contributed by atoms with E-state index in [9.17, 15) is 18.7 Å². The van der Waals surface area contributed by atoms with Gasteiger partial charge in [-0.1, -0.05) is 12.1 Å². The number of hydrogen-bond donors (Lipinski definition) is 1. The smallest absolute Gasteiger partial charge is 0.387 e. The number of amides is 1. The summed E-state index contributed by atoms with van der Waals surface area (Å²) in [4.78, 5) is 13.5. The first-order valence-electron chi connectivity index (χ1n) is 6.04. The van der Waals surface area contributed by atoms with E-state index in [4.69, 9.17) is 0 Å². The molecule has 1 fully saturated rings. The normalized spacial score (nSPS) is 18.9. The molecule has 104 valence electrons. The Labute approximate surface area is 109 Å². The third kappa shape index (κ3) is 3.89. The Morgan fingerprint density at radius 1 is 1.42 bits per heavy atom. The molecular weight excluding hydrogens is 256 g/mol. The van der Waals surface area contributed by atoms with Crippen molar-refractivity contribution in [3.63, 3.8) is 0 Å². The van der Waals surface area contributed by atoms with Crippen molar-refractivity contribution < 1.29 is 23.4 Å². The first-order chi connectivity index (χ1) is 9.04. The van der Waals surface area contributed by atoms with Crippen molar-refractivity contribution in [3.8, 4) is 5.75 Å². The number of hydrogen-bond acceptors (Lipinski definition) is 3. The summed E-state index contributed by atoms with van der Waals surface area (Å²) < 4.78 is 28.2. The lowest BCUT2D eigenvalue weighted by atomic mass is 10.1. The first-order valence-corrected chi connectivity index (χ1v) is 6.04. The lowest BCUT2D eigenvalue weighted by Crippen LogP contribution is -2.30. The number of nitrogens with zero attached hydrogens (tertiary/aromatic N) is 1. The molecule has 1 atom stereocenters. The van der Waals surface area contributed by atoms with Crippen LogP contribution in [0.1, 0.15) is 12.0 Å². The van der Waals surface area contributed by atoms with Crippen LogP contribution in [0.4, 0.5) is 8.78 Å². The lowest BCUT2D eigenvalue weighted by molar-refractivity contribution is -0.129. The van der Waals surface area contributed by atoms with Crippen LogP contribution in [0.15, 0.2) is 24.3 Å². The van der Waals surface area contributed by atoms with Gasteiger partial charge in [0, 0.05) is 13.1 Å². The molecule has 1 aliphatic heterocycles. The molecule has 1 aliphatic rings. The van der Waals surface area contributed by atoms with E-state index in [1.54, 1.807) is 17.0 Å². The minimum Gasteiger partial charge on any atom is -0.435 e. The maximum atomic E-state index is 12.0. The molecule has 4 nitrogen and oxygen atoms in total. The van der Waals surface area contributed by atoms with E-state index in [1.165, 1.54) is 12.1 Å². The van der Waals surface area contributed by atoms with Crippen molar-refractivity contribution in [3.05, 3.63) is 29.8 Å². The van der Waals surface area contributed by atoms with Gasteiger partial charge in [0.1, 0.15) is 5.75 Å². The van der Waals surface area contributed by atoms with Crippen LogP contribution in [0.2, 0.25) is 0 Å². The summed E-state index contributed by atoms with van der Waals surface area (Å²) in [6.07, 6.45) is 0.361. The fourth-order valence-corrected chi connectivity index (χ4v) is 2.04. The minimum atomic E-state index is -2.85. The Morgan fingerprint density at radius 3 is 2.63 bits per heavy atom. The van der Waals surface area contributed by atoms with Crippen LogP contribution in [-0.4, -0.2) is 41.7 Å². The van der Waals surface area contributed by atoms with Gasteiger partial charge in [0.2, 0.25) is 5.91 Å². The van der Waals surface area contributed by atoms with Crippen molar-refractivity contribution in [2.75, 3.05) is 13.1 Å². The zero-order valence-electron chi connectivity index (χ0n) is 10.3. The summed E-state index contributed by atoms with van der Waals surface area (Å²) in [5.74, 6) is 0.00173. The molecule has 6 heteroatoms. The van der Waals surface area contributed by atoms with Crippen LogP contribution >= 0.6 is 0 Å². The van der Waals surface area contributed by atoms with E-state index in [1.807, 2.05) is 0 Å². The van der Waals surface area contributed by atoms with Crippen molar-refractivity contribution in [2.45, 2.75) is 25.6 Å². The molecule has 1 N–H and O–H groups in total. The second kappa shape index (κ2) is 5.97. The minimum absolute atomic E-state index is 0.0703. The molecule has 1 aromatic carbocycles. The highest BCUT2D eigenvalue weighted by Gasteiger charge is 2.24. The monoisotopic (exact) mass is 271 g/mol. The van der Waals surface area contributed by atoms with Crippen LogP contribution in [0.5, 0.6) is 5.75 Å². The number of aliphatic hydroxyl groups is 1. The quantitative estimate of drug-likeness (QED) is 0.901. The highest BCUT2D eigenvalue weighted by atomic mass is 19.3. The highest BCUT2D eigenvalue weighted by molar-refractivity contribution is 5.79. The van der Waals surface area contributed by atoms with E-state index >= 15 is 0 Å². The van der Waals surface area contributed by atoms with Gasteiger partial charge in [-0.25, -0.2) is 0 Å². The Hall–Kier alpha value is -1.69. The molecule has 19 heavy (non-hydrogen) atoms. The molecule has 1 amide bonds. The number of ether oxygens (including phenoxy) is 1. The van der Waals surface area contributed by atoms with Gasteiger partial charge in [0.15, 0.2) is 0 Å². The lowest BCUT2D eigenvalue weighted by Gasteiger charge is -2.15. The summed E-state index contributed by atoms with van der Waals surface area (Å²) in [6.45, 7) is -1.92. The van der Waals surface area contributed by atoms with E-state index in [2.05, 4.69) is 4.74 Å². The number of carbonyl (C=O) groups excluding carboxylic acids is 1. The molecular formula is C13H15F2NO3. The molecule has 0 radical (unpaired) electrons. The predicted molar refractivity (Wildman–Crippen MR) is 64.0 cm³/mol. The molecule has 0 unspecified atom stereocenters. The third-order valence-electron chi connectivity index (χ3n) is 3.02. The molecule has 0 saturated carbocycles. The Morgan fingerprint density at radius 2 is 2.11 bits per heavy atom. The van der Waals surface area contributed by atoms with Crippen LogP contribution in [0.25, 0.3) is 0 Å². The molecule has 0 bridgehead atoms. The van der Waals surface area contributed by atoms with Crippen molar-refractivity contribution in [1.29, 1.82) is 0 Å². The Kier molecular flexibility index (Phi) is 4.31. The van der Waals surface area contributed by atoms with Gasteiger partial charge in [-0.2, -0.15) is 8.78 Å². The molecule has 1 saturated heterocycles. The molecule has 0 spiro atoms. The summed E-state index contributed by atoms with van der Waals surface area (Å²) in [5, 5.41) is 9.35. The molecule has 2 rings (SSSR count). The van der Waals surface area contributed by atoms with Gasteiger partial charge in [-0.05, 0) is 24.1 Å². The van der Waals surface area contributed by atoms with E-state index in [-0.39, 0.29) is 18.1 Å². The average molecular weight is 271 g/mol. The number of likely N-dealkylation sites (tertiary alicyclic amines) is 1. The van der Waals surface area contributed by atoms with E-state index in [0.717, 1.165) is 5.56 Å². The highest BCUT2D eigenvalue weighted by Crippen LogP contribution is 2.16. The number of carbonyl (C=O) groups is 1. The van der Waals surface area contributed by atoms with Crippen LogP contribution in [0, 0.1) is 0 Å². The summed E-state index contributed by atoms with van der Waals surface area (Å²) in [6, 6.07) is 5.99. The number of aliphatic hydroxyl groups excluding tert-OH is 1. The van der Waals surface area contributed by atoms with Gasteiger partial charge in [-0.15, -0.1) is 0 Å². The fraction of sp³-hybridized carbons (Fsp3) is 0.462. The van der Waals surface area contributed by atoms with Gasteiger partial charge in [0.05, 0.1) is 12.5 Å². The van der Waals surface area contributed by atoms with Crippen LogP contribution < -0.4 is 4.74 Å². The standard InChI is InChI=1S/C13H15F2NO3/c14-13(15)19-11-3-1-9(2-4-11)7-12(18)16-6-5-10(17)8-16/h1-4,10,13,17H,5-8H2/t10-/m1/s1. The maximum absolute atomic E-state index is 12.0. The van der Waals surface area contributed by atoms with Gasteiger partial charge in [0.25, 0.3) is 0 Å². The summed E-state index contributed by atoms with van der Waals surface area (Å²) >= 11 is 0. The molecule has 0 aromatic heterocycles. The van der Waals surface area contributed by atoms with Crippen LogP contribution in [-0.2, 0) is 11.2 Å². The van der Waals surface area contributed by atoms with E-state index < -0.39 is 12.7 Å². The predicted octanol–water partition coefficient (Wildman–Crippen LogP) is 1.42. The number of benzene rings is 1.